The van der Waals surface area contributed by atoms with Crippen molar-refractivity contribution in [2.75, 3.05) is 11.5 Å². The van der Waals surface area contributed by atoms with Crippen LogP contribution >= 0.6 is 0 Å². The molecular weight excluding hydrogens is 150 g/mol. The standard InChI is InChI=1S/C7H8F2N2/c1-3-2-4(8)6(10)7(11)5(3)9/h2H,10-11H2,1H3. The maximum Gasteiger partial charge on any atom is 0.151 e. The Hall–Kier alpha value is -1.32. The second-order valence-corrected chi connectivity index (χ2v) is 2.32. The predicted molar refractivity (Wildman–Crippen MR) is 39.9 cm³/mol. The van der Waals surface area contributed by atoms with Gasteiger partial charge in [0.15, 0.2) is 5.82 Å². The number of benzene rings is 1. The van der Waals surface area contributed by atoms with Gasteiger partial charge < -0.3 is 11.5 Å². The first-order valence-electron chi connectivity index (χ1n) is 3.03. The Morgan fingerprint density at radius 3 is 2.27 bits per heavy atom. The average molecular weight is 158 g/mol. The van der Waals surface area contributed by atoms with Crippen LogP contribution in [0, 0.1) is 18.6 Å². The van der Waals surface area contributed by atoms with E-state index in [-0.39, 0.29) is 16.9 Å². The first kappa shape index (κ1) is 7.78. The Morgan fingerprint density at radius 1 is 1.18 bits per heavy atom. The van der Waals surface area contributed by atoms with Crippen LogP contribution in [0.25, 0.3) is 0 Å². The summed E-state index contributed by atoms with van der Waals surface area (Å²) in [7, 11) is 0. The molecule has 0 aliphatic rings. The highest BCUT2D eigenvalue weighted by Crippen LogP contribution is 2.24. The molecule has 0 saturated carbocycles. The molecule has 4 N–H and O–H groups in total. The van der Waals surface area contributed by atoms with Gasteiger partial charge in [-0.05, 0) is 18.6 Å². The number of nitrogens with two attached hydrogens (primary N) is 2. The van der Waals surface area contributed by atoms with Crippen LogP contribution in [0.3, 0.4) is 0 Å². The molecule has 0 amide bonds. The van der Waals surface area contributed by atoms with E-state index in [0.717, 1.165) is 6.07 Å². The molecule has 1 rings (SSSR count). The Balaban J connectivity index is 3.46. The summed E-state index contributed by atoms with van der Waals surface area (Å²) in [6.45, 7) is 1.42. The smallest absolute Gasteiger partial charge is 0.151 e. The highest BCUT2D eigenvalue weighted by molar-refractivity contribution is 5.65. The maximum atomic E-state index is 12.8. The number of hydrogen-bond donors (Lipinski definition) is 2. The van der Waals surface area contributed by atoms with Crippen LogP contribution in [0.1, 0.15) is 5.56 Å². The van der Waals surface area contributed by atoms with Gasteiger partial charge in [-0.15, -0.1) is 0 Å². The summed E-state index contributed by atoms with van der Waals surface area (Å²) in [6.07, 6.45) is 0. The highest BCUT2D eigenvalue weighted by Gasteiger charge is 2.10. The molecule has 4 heteroatoms. The molecular formula is C7H8F2N2. The summed E-state index contributed by atoms with van der Waals surface area (Å²) >= 11 is 0. The fourth-order valence-corrected chi connectivity index (χ4v) is 0.791. The monoisotopic (exact) mass is 158 g/mol. The number of anilines is 2. The molecule has 60 valence electrons. The lowest BCUT2D eigenvalue weighted by atomic mass is 10.2. The molecule has 0 heterocycles. The van der Waals surface area contributed by atoms with Gasteiger partial charge in [-0.2, -0.15) is 0 Å². The minimum atomic E-state index is -0.679. The molecule has 0 spiro atoms. The summed E-state index contributed by atoms with van der Waals surface area (Å²) in [5.41, 5.74) is 9.77. The lowest BCUT2D eigenvalue weighted by Gasteiger charge is -2.04. The second kappa shape index (κ2) is 2.38. The van der Waals surface area contributed by atoms with Crippen LogP contribution in [0.2, 0.25) is 0 Å². The Morgan fingerprint density at radius 2 is 1.73 bits per heavy atom. The van der Waals surface area contributed by atoms with Crippen molar-refractivity contribution in [1.29, 1.82) is 0 Å². The summed E-state index contributed by atoms with van der Waals surface area (Å²) in [4.78, 5) is 0. The molecule has 0 aliphatic heterocycles. The maximum absolute atomic E-state index is 12.8. The predicted octanol–water partition coefficient (Wildman–Crippen LogP) is 1.44. The fraction of sp³-hybridized carbons (Fsp3) is 0.143. The number of rotatable bonds is 0. The lowest BCUT2D eigenvalue weighted by Crippen LogP contribution is -2.02. The van der Waals surface area contributed by atoms with E-state index in [1.165, 1.54) is 6.92 Å². The quantitative estimate of drug-likeness (QED) is 0.561. The molecule has 0 atom stereocenters. The Bertz CT molecular complexity index is 271. The summed E-state index contributed by atoms with van der Waals surface area (Å²) < 4.78 is 25.4. The van der Waals surface area contributed by atoms with Crippen molar-refractivity contribution in [1.82, 2.24) is 0 Å². The van der Waals surface area contributed by atoms with Crippen molar-refractivity contribution >= 4 is 11.4 Å². The van der Waals surface area contributed by atoms with E-state index in [0.29, 0.717) is 0 Å². The fourth-order valence-electron chi connectivity index (χ4n) is 0.791. The minimum Gasteiger partial charge on any atom is -0.395 e. The number of aryl methyl sites for hydroxylation is 1. The van der Waals surface area contributed by atoms with Crippen molar-refractivity contribution < 1.29 is 8.78 Å². The molecule has 0 fully saturated rings. The molecule has 0 saturated heterocycles. The van der Waals surface area contributed by atoms with Crippen LogP contribution in [-0.2, 0) is 0 Å². The SMILES string of the molecule is Cc1cc(F)c(N)c(N)c1F. The number of hydrogen-bond acceptors (Lipinski definition) is 2. The third-order valence-corrected chi connectivity index (χ3v) is 1.47. The lowest BCUT2D eigenvalue weighted by molar-refractivity contribution is 0.600. The van der Waals surface area contributed by atoms with Gasteiger partial charge >= 0.3 is 0 Å². The zero-order valence-corrected chi connectivity index (χ0v) is 5.99. The zero-order valence-electron chi connectivity index (χ0n) is 5.99. The average Bonchev–Trinajstić information content (AvgIpc) is 1.97. The summed E-state index contributed by atoms with van der Waals surface area (Å²) in [5, 5.41) is 0. The van der Waals surface area contributed by atoms with Gasteiger partial charge in [-0.25, -0.2) is 8.78 Å². The molecule has 0 aliphatic carbocycles. The van der Waals surface area contributed by atoms with Crippen molar-refractivity contribution in [3.8, 4) is 0 Å². The first-order valence-corrected chi connectivity index (χ1v) is 3.03. The van der Waals surface area contributed by atoms with E-state index in [4.69, 9.17) is 11.5 Å². The van der Waals surface area contributed by atoms with E-state index in [2.05, 4.69) is 0 Å². The molecule has 0 aromatic heterocycles. The van der Waals surface area contributed by atoms with Crippen LogP contribution in [-0.4, -0.2) is 0 Å². The second-order valence-electron chi connectivity index (χ2n) is 2.32. The largest absolute Gasteiger partial charge is 0.395 e. The van der Waals surface area contributed by atoms with Crippen molar-refractivity contribution in [2.45, 2.75) is 6.92 Å². The minimum absolute atomic E-state index is 0.161. The Kier molecular flexibility index (Phi) is 1.68. The summed E-state index contributed by atoms with van der Waals surface area (Å²) in [5.74, 6) is -1.33. The van der Waals surface area contributed by atoms with Crippen molar-refractivity contribution in [3.63, 3.8) is 0 Å². The van der Waals surface area contributed by atoms with Gasteiger partial charge in [0.2, 0.25) is 0 Å². The molecule has 1 aromatic rings. The van der Waals surface area contributed by atoms with Crippen LogP contribution in [0.5, 0.6) is 0 Å². The Labute approximate surface area is 62.8 Å². The van der Waals surface area contributed by atoms with E-state index in [1.54, 1.807) is 0 Å². The third-order valence-electron chi connectivity index (χ3n) is 1.47. The van der Waals surface area contributed by atoms with Gasteiger partial charge in [0.1, 0.15) is 5.82 Å². The van der Waals surface area contributed by atoms with Crippen molar-refractivity contribution in [3.05, 3.63) is 23.3 Å². The van der Waals surface area contributed by atoms with Crippen LogP contribution in [0.4, 0.5) is 20.2 Å². The molecule has 0 radical (unpaired) electrons. The van der Waals surface area contributed by atoms with E-state index in [1.807, 2.05) is 0 Å². The van der Waals surface area contributed by atoms with Gasteiger partial charge in [-0.1, -0.05) is 0 Å². The summed E-state index contributed by atoms with van der Waals surface area (Å²) in [6, 6.07) is 1.01. The molecule has 2 nitrogen and oxygen atoms in total. The molecule has 0 unspecified atom stereocenters. The normalized spacial score (nSPS) is 10.1. The van der Waals surface area contributed by atoms with E-state index < -0.39 is 11.6 Å². The highest BCUT2D eigenvalue weighted by atomic mass is 19.1. The van der Waals surface area contributed by atoms with Gasteiger partial charge in [-0.3, -0.25) is 0 Å². The van der Waals surface area contributed by atoms with Crippen molar-refractivity contribution in [2.24, 2.45) is 0 Å². The zero-order chi connectivity index (χ0) is 8.59. The van der Waals surface area contributed by atoms with Crippen LogP contribution < -0.4 is 11.5 Å². The van der Waals surface area contributed by atoms with Gasteiger partial charge in [0.25, 0.3) is 0 Å². The van der Waals surface area contributed by atoms with Gasteiger partial charge in [0, 0.05) is 0 Å². The van der Waals surface area contributed by atoms with E-state index in [9.17, 15) is 8.78 Å². The van der Waals surface area contributed by atoms with Crippen LogP contribution in [0.15, 0.2) is 6.07 Å². The number of nitrogen functional groups attached to an aromatic ring is 2. The first-order chi connectivity index (χ1) is 5.04. The molecule has 0 bridgehead atoms. The van der Waals surface area contributed by atoms with Gasteiger partial charge in [0.05, 0.1) is 11.4 Å². The topological polar surface area (TPSA) is 52.0 Å². The number of halogens is 2. The molecule has 11 heavy (non-hydrogen) atoms. The third kappa shape index (κ3) is 1.11. The van der Waals surface area contributed by atoms with E-state index >= 15 is 0 Å². The molecule has 1 aromatic carbocycles.